The highest BCUT2D eigenvalue weighted by molar-refractivity contribution is 7.09. The van der Waals surface area contributed by atoms with E-state index in [1.165, 1.54) is 4.88 Å². The third-order valence-electron chi connectivity index (χ3n) is 3.24. The molecule has 0 radical (unpaired) electrons. The minimum Gasteiger partial charge on any atom is -0.361 e. The van der Waals surface area contributed by atoms with E-state index in [2.05, 4.69) is 21.7 Å². The minimum absolute atomic E-state index is 0.0800. The fourth-order valence-electron chi connectivity index (χ4n) is 2.23. The maximum absolute atomic E-state index is 11.9. The summed E-state index contributed by atoms with van der Waals surface area (Å²) < 4.78 is 0. The largest absolute Gasteiger partial charge is 0.361 e. The molecule has 0 saturated heterocycles. The van der Waals surface area contributed by atoms with Gasteiger partial charge in [0.05, 0.1) is 0 Å². The normalized spacial score (nSPS) is 10.8. The number of anilines is 1. The number of carbonyl (C=O) groups is 1. The fourth-order valence-corrected chi connectivity index (χ4v) is 2.98. The van der Waals surface area contributed by atoms with Crippen LogP contribution in [0.15, 0.2) is 48.0 Å². The third kappa shape index (κ3) is 3.08. The summed E-state index contributed by atoms with van der Waals surface area (Å²) in [5.74, 6) is 0.0800. The Kier molecular flexibility index (Phi) is 3.83. The number of benzene rings is 1. The van der Waals surface area contributed by atoms with Gasteiger partial charge in [-0.2, -0.15) is 0 Å². The molecule has 3 rings (SSSR count). The molecule has 0 bridgehead atoms. The summed E-state index contributed by atoms with van der Waals surface area (Å²) in [6.45, 7) is 0. The molecule has 3 nitrogen and oxygen atoms in total. The summed E-state index contributed by atoms with van der Waals surface area (Å²) >= 11 is 1.75. The number of aryl methyl sites for hydroxylation is 1. The molecule has 0 spiro atoms. The highest BCUT2D eigenvalue weighted by atomic mass is 32.1. The van der Waals surface area contributed by atoms with E-state index in [1.54, 1.807) is 11.3 Å². The van der Waals surface area contributed by atoms with E-state index >= 15 is 0 Å². The lowest BCUT2D eigenvalue weighted by Gasteiger charge is -2.05. The van der Waals surface area contributed by atoms with Gasteiger partial charge in [-0.25, -0.2) is 0 Å². The predicted octanol–water partition coefficient (Wildman–Crippen LogP) is 4.19. The minimum atomic E-state index is 0.0800. The van der Waals surface area contributed by atoms with E-state index in [4.69, 9.17) is 0 Å². The van der Waals surface area contributed by atoms with Gasteiger partial charge in [0.2, 0.25) is 5.91 Å². The van der Waals surface area contributed by atoms with Gasteiger partial charge in [-0.15, -0.1) is 11.3 Å². The molecule has 4 heteroatoms. The molecule has 0 unspecified atom stereocenters. The van der Waals surface area contributed by atoms with Crippen LogP contribution in [0.5, 0.6) is 0 Å². The molecule has 3 aromatic rings. The zero-order valence-corrected chi connectivity index (χ0v) is 11.9. The van der Waals surface area contributed by atoms with Crippen LogP contribution in [-0.2, 0) is 11.2 Å². The lowest BCUT2D eigenvalue weighted by Crippen LogP contribution is -2.11. The molecule has 0 aliphatic rings. The Bertz CT molecular complexity index is 700. The second-order valence-corrected chi connectivity index (χ2v) is 5.79. The van der Waals surface area contributed by atoms with Crippen molar-refractivity contribution in [3.63, 3.8) is 0 Å². The van der Waals surface area contributed by atoms with Gasteiger partial charge >= 0.3 is 0 Å². The maximum atomic E-state index is 11.9. The number of amides is 1. The first-order chi connectivity index (χ1) is 9.81. The van der Waals surface area contributed by atoms with Crippen LogP contribution < -0.4 is 5.32 Å². The molecule has 0 saturated carbocycles. The maximum Gasteiger partial charge on any atom is 0.224 e. The lowest BCUT2D eigenvalue weighted by molar-refractivity contribution is -0.116. The molecule has 0 atom stereocenters. The van der Waals surface area contributed by atoms with Crippen molar-refractivity contribution in [1.29, 1.82) is 0 Å². The van der Waals surface area contributed by atoms with Gasteiger partial charge in [0, 0.05) is 34.1 Å². The van der Waals surface area contributed by atoms with Crippen LogP contribution in [0.4, 0.5) is 5.69 Å². The second-order valence-electron chi connectivity index (χ2n) is 4.76. The average molecular weight is 284 g/mol. The zero-order valence-electron chi connectivity index (χ0n) is 11.1. The smallest absolute Gasteiger partial charge is 0.224 e. The SMILES string of the molecule is O=C(CCCc1cccs1)Nc1ccc2[nH]ccc2c1. The van der Waals surface area contributed by atoms with E-state index < -0.39 is 0 Å². The summed E-state index contributed by atoms with van der Waals surface area (Å²) in [7, 11) is 0. The average Bonchev–Trinajstić information content (AvgIpc) is 3.08. The fraction of sp³-hybridized carbons (Fsp3) is 0.188. The van der Waals surface area contributed by atoms with Crippen LogP contribution in [-0.4, -0.2) is 10.9 Å². The Morgan fingerprint density at radius 1 is 1.25 bits per heavy atom. The second kappa shape index (κ2) is 5.92. The summed E-state index contributed by atoms with van der Waals surface area (Å²) in [6, 6.07) is 12.1. The highest BCUT2D eigenvalue weighted by Gasteiger charge is 2.04. The number of H-pyrrole nitrogens is 1. The molecule has 1 amide bonds. The number of aromatic nitrogens is 1. The van der Waals surface area contributed by atoms with Crippen LogP contribution in [0.3, 0.4) is 0 Å². The van der Waals surface area contributed by atoms with Crippen LogP contribution in [0, 0.1) is 0 Å². The number of carbonyl (C=O) groups excluding carboxylic acids is 1. The number of aromatic amines is 1. The van der Waals surface area contributed by atoms with Crippen LogP contribution >= 0.6 is 11.3 Å². The highest BCUT2D eigenvalue weighted by Crippen LogP contribution is 2.18. The van der Waals surface area contributed by atoms with E-state index in [1.807, 2.05) is 36.5 Å². The number of fused-ring (bicyclic) bond motifs is 1. The Morgan fingerprint density at radius 2 is 2.20 bits per heavy atom. The topological polar surface area (TPSA) is 44.9 Å². The summed E-state index contributed by atoms with van der Waals surface area (Å²) in [5.41, 5.74) is 1.94. The van der Waals surface area contributed by atoms with Crippen molar-refractivity contribution in [3.8, 4) is 0 Å². The van der Waals surface area contributed by atoms with Crippen molar-refractivity contribution >= 4 is 33.8 Å². The van der Waals surface area contributed by atoms with Crippen molar-refractivity contribution in [2.75, 3.05) is 5.32 Å². The van der Waals surface area contributed by atoms with E-state index in [0.717, 1.165) is 29.4 Å². The van der Waals surface area contributed by atoms with Crippen LogP contribution in [0.25, 0.3) is 10.9 Å². The Balaban J connectivity index is 1.52. The van der Waals surface area contributed by atoms with Crippen LogP contribution in [0.2, 0.25) is 0 Å². The molecule has 102 valence electrons. The molecule has 0 aliphatic carbocycles. The first kappa shape index (κ1) is 12.9. The predicted molar refractivity (Wildman–Crippen MR) is 84.2 cm³/mol. The monoisotopic (exact) mass is 284 g/mol. The quantitative estimate of drug-likeness (QED) is 0.725. The molecule has 20 heavy (non-hydrogen) atoms. The van der Waals surface area contributed by atoms with Gasteiger partial charge < -0.3 is 10.3 Å². The van der Waals surface area contributed by atoms with Gasteiger partial charge in [0.25, 0.3) is 0 Å². The van der Waals surface area contributed by atoms with Crippen molar-refractivity contribution in [3.05, 3.63) is 52.9 Å². The van der Waals surface area contributed by atoms with Crippen molar-refractivity contribution in [2.24, 2.45) is 0 Å². The summed E-state index contributed by atoms with van der Waals surface area (Å²) in [5, 5.41) is 6.14. The number of rotatable bonds is 5. The van der Waals surface area contributed by atoms with Gasteiger partial charge in [-0.1, -0.05) is 6.07 Å². The van der Waals surface area contributed by atoms with E-state index in [0.29, 0.717) is 6.42 Å². The van der Waals surface area contributed by atoms with Crippen molar-refractivity contribution in [2.45, 2.75) is 19.3 Å². The molecule has 0 aliphatic heterocycles. The number of thiophene rings is 1. The number of hydrogen-bond donors (Lipinski definition) is 2. The first-order valence-corrected chi connectivity index (χ1v) is 7.58. The zero-order chi connectivity index (χ0) is 13.8. The van der Waals surface area contributed by atoms with Gasteiger partial charge in [-0.05, 0) is 48.6 Å². The van der Waals surface area contributed by atoms with Gasteiger partial charge in [0.15, 0.2) is 0 Å². The first-order valence-electron chi connectivity index (χ1n) is 6.71. The Hall–Kier alpha value is -2.07. The molecular formula is C16H16N2OS. The third-order valence-corrected chi connectivity index (χ3v) is 4.18. The molecule has 2 aromatic heterocycles. The van der Waals surface area contributed by atoms with Crippen molar-refractivity contribution < 1.29 is 4.79 Å². The Morgan fingerprint density at radius 3 is 3.05 bits per heavy atom. The van der Waals surface area contributed by atoms with Gasteiger partial charge in [-0.3, -0.25) is 4.79 Å². The Labute approximate surface area is 121 Å². The molecule has 2 heterocycles. The van der Waals surface area contributed by atoms with E-state index in [-0.39, 0.29) is 5.91 Å². The number of hydrogen-bond acceptors (Lipinski definition) is 2. The van der Waals surface area contributed by atoms with Crippen molar-refractivity contribution in [1.82, 2.24) is 4.98 Å². The molecule has 0 fully saturated rings. The van der Waals surface area contributed by atoms with Gasteiger partial charge in [0.1, 0.15) is 0 Å². The summed E-state index contributed by atoms with van der Waals surface area (Å²) in [4.78, 5) is 16.4. The van der Waals surface area contributed by atoms with E-state index in [9.17, 15) is 4.79 Å². The molecule has 2 N–H and O–H groups in total. The molecule has 1 aromatic carbocycles. The lowest BCUT2D eigenvalue weighted by atomic mass is 10.2. The summed E-state index contributed by atoms with van der Waals surface area (Å²) in [6.07, 6.45) is 4.32. The van der Waals surface area contributed by atoms with Crippen LogP contribution in [0.1, 0.15) is 17.7 Å². The standard InChI is InChI=1S/C16H16N2OS/c19-16(5-1-3-14-4-2-10-20-14)18-13-6-7-15-12(11-13)8-9-17-15/h2,4,6-11,17H,1,3,5H2,(H,18,19). The number of nitrogens with one attached hydrogen (secondary N) is 2. The molecular weight excluding hydrogens is 268 g/mol.